The minimum absolute atomic E-state index is 0.540. The first-order chi connectivity index (χ1) is 7.14. The molecule has 0 aromatic rings. The smallest absolute Gasteiger partial charge is 0.328 e. The SMILES string of the molecule is COC(C)C1(C)NC(=O)N(C(Cl)(Cl)Cl)C1=O. The van der Waals surface area contributed by atoms with E-state index in [0.29, 0.717) is 4.90 Å². The van der Waals surface area contributed by atoms with E-state index in [4.69, 9.17) is 39.5 Å². The van der Waals surface area contributed by atoms with Crippen LogP contribution >= 0.6 is 34.8 Å². The van der Waals surface area contributed by atoms with Gasteiger partial charge in [-0.15, -0.1) is 0 Å². The van der Waals surface area contributed by atoms with Gasteiger partial charge in [-0.1, -0.05) is 34.8 Å². The van der Waals surface area contributed by atoms with Crippen LogP contribution in [0.5, 0.6) is 0 Å². The van der Waals surface area contributed by atoms with Gasteiger partial charge in [0.05, 0.1) is 6.10 Å². The number of hydrogen-bond acceptors (Lipinski definition) is 3. The summed E-state index contributed by atoms with van der Waals surface area (Å²) in [5.74, 6) is -0.633. The second-order valence-electron chi connectivity index (χ2n) is 3.62. The number of carbonyl (C=O) groups excluding carboxylic acids is 2. The van der Waals surface area contributed by atoms with Crippen molar-refractivity contribution in [2.45, 2.75) is 29.4 Å². The summed E-state index contributed by atoms with van der Waals surface area (Å²) in [4.78, 5) is 24.1. The molecule has 0 aliphatic carbocycles. The Balaban J connectivity index is 3.08. The molecule has 5 nitrogen and oxygen atoms in total. The Kier molecular flexibility index (Phi) is 3.65. The maximum atomic E-state index is 12.0. The summed E-state index contributed by atoms with van der Waals surface area (Å²) in [6, 6.07) is -0.753. The average Bonchev–Trinajstić information content (AvgIpc) is 2.36. The molecule has 2 atom stereocenters. The van der Waals surface area contributed by atoms with Crippen LogP contribution in [0, 0.1) is 0 Å². The zero-order valence-corrected chi connectivity index (χ0v) is 11.2. The standard InChI is InChI=1S/C8H11Cl3N2O3/c1-4(16-3)7(2)5(14)13(6(15)12-7)8(9,10)11/h4H,1-3H3,(H,12,15). The molecule has 1 aliphatic heterocycles. The fourth-order valence-electron chi connectivity index (χ4n) is 1.40. The number of imide groups is 1. The van der Waals surface area contributed by atoms with Crippen molar-refractivity contribution in [1.82, 2.24) is 10.2 Å². The maximum absolute atomic E-state index is 12.0. The Hall–Kier alpha value is -0.230. The lowest BCUT2D eigenvalue weighted by Gasteiger charge is -2.28. The van der Waals surface area contributed by atoms with Crippen LogP contribution in [0.4, 0.5) is 4.79 Å². The molecule has 8 heteroatoms. The summed E-state index contributed by atoms with van der Waals surface area (Å²) in [6.45, 7) is 3.15. The Morgan fingerprint density at radius 3 is 2.25 bits per heavy atom. The van der Waals surface area contributed by atoms with E-state index in [-0.39, 0.29) is 0 Å². The number of nitrogens with zero attached hydrogens (tertiary/aromatic N) is 1. The summed E-state index contributed by atoms with van der Waals surface area (Å²) < 4.78 is 2.92. The number of halogens is 3. The molecule has 0 aromatic carbocycles. The second-order valence-corrected chi connectivity index (χ2v) is 5.84. The van der Waals surface area contributed by atoms with Crippen LogP contribution in [0.15, 0.2) is 0 Å². The van der Waals surface area contributed by atoms with Crippen molar-refractivity contribution in [3.63, 3.8) is 0 Å². The third-order valence-corrected chi connectivity index (χ3v) is 3.14. The topological polar surface area (TPSA) is 58.6 Å². The third-order valence-electron chi connectivity index (χ3n) is 2.64. The molecule has 16 heavy (non-hydrogen) atoms. The molecule has 1 saturated heterocycles. The molecule has 3 amide bonds. The first-order valence-corrected chi connectivity index (χ1v) is 5.54. The Labute approximate surface area is 108 Å². The van der Waals surface area contributed by atoms with Gasteiger partial charge in [0.15, 0.2) is 0 Å². The minimum Gasteiger partial charge on any atom is -0.379 e. The Bertz CT molecular complexity index is 331. The first-order valence-electron chi connectivity index (χ1n) is 4.41. The molecule has 2 unspecified atom stereocenters. The number of urea groups is 1. The highest BCUT2D eigenvalue weighted by Crippen LogP contribution is 2.37. The van der Waals surface area contributed by atoms with E-state index < -0.39 is 27.5 Å². The highest BCUT2D eigenvalue weighted by atomic mass is 35.6. The number of rotatable bonds is 2. The van der Waals surface area contributed by atoms with Crippen LogP contribution < -0.4 is 5.32 Å². The maximum Gasteiger partial charge on any atom is 0.328 e. The Morgan fingerprint density at radius 1 is 1.44 bits per heavy atom. The van der Waals surface area contributed by atoms with Crippen molar-refractivity contribution in [2.24, 2.45) is 0 Å². The highest BCUT2D eigenvalue weighted by Gasteiger charge is 2.57. The van der Waals surface area contributed by atoms with Gasteiger partial charge in [-0.05, 0) is 13.8 Å². The van der Waals surface area contributed by atoms with Gasteiger partial charge in [-0.3, -0.25) is 4.79 Å². The van der Waals surface area contributed by atoms with Gasteiger partial charge < -0.3 is 10.1 Å². The lowest BCUT2D eigenvalue weighted by molar-refractivity contribution is -0.135. The molecule has 1 N–H and O–H groups in total. The largest absolute Gasteiger partial charge is 0.379 e. The van der Waals surface area contributed by atoms with Gasteiger partial charge in [0.1, 0.15) is 5.54 Å². The lowest BCUT2D eigenvalue weighted by atomic mass is 9.96. The molecular formula is C8H11Cl3N2O3. The predicted octanol–water partition coefficient (Wildman–Crippen LogP) is 1.66. The molecule has 1 rings (SSSR count). The monoisotopic (exact) mass is 288 g/mol. The summed E-state index contributed by atoms with van der Waals surface area (Å²) in [5, 5.41) is 2.45. The van der Waals surface area contributed by atoms with E-state index in [9.17, 15) is 9.59 Å². The van der Waals surface area contributed by atoms with Crippen LogP contribution in [0.2, 0.25) is 0 Å². The van der Waals surface area contributed by atoms with Crippen molar-refractivity contribution in [3.05, 3.63) is 0 Å². The molecule has 1 fully saturated rings. The number of ether oxygens (including phenoxy) is 1. The Morgan fingerprint density at radius 2 is 1.94 bits per heavy atom. The number of methoxy groups -OCH3 is 1. The predicted molar refractivity (Wildman–Crippen MR) is 60.5 cm³/mol. The lowest BCUT2D eigenvalue weighted by Crippen LogP contribution is -2.54. The molecule has 1 aliphatic rings. The van der Waals surface area contributed by atoms with Gasteiger partial charge in [0.2, 0.25) is 0 Å². The zero-order valence-electron chi connectivity index (χ0n) is 8.88. The third kappa shape index (κ3) is 2.09. The van der Waals surface area contributed by atoms with Crippen molar-refractivity contribution < 1.29 is 14.3 Å². The van der Waals surface area contributed by atoms with Gasteiger partial charge in [0.25, 0.3) is 9.82 Å². The molecular weight excluding hydrogens is 278 g/mol. The van der Waals surface area contributed by atoms with Crippen molar-refractivity contribution >= 4 is 46.7 Å². The van der Waals surface area contributed by atoms with Crippen LogP contribution in [0.1, 0.15) is 13.8 Å². The van der Waals surface area contributed by atoms with Crippen molar-refractivity contribution in [3.8, 4) is 0 Å². The van der Waals surface area contributed by atoms with Crippen molar-refractivity contribution in [2.75, 3.05) is 7.11 Å². The summed E-state index contributed by atoms with van der Waals surface area (Å²) >= 11 is 16.6. The number of nitrogens with one attached hydrogen (secondary N) is 1. The van der Waals surface area contributed by atoms with E-state index >= 15 is 0 Å². The summed E-state index contributed by atoms with van der Waals surface area (Å²) in [6.07, 6.45) is -0.540. The van der Waals surface area contributed by atoms with Crippen molar-refractivity contribution in [1.29, 1.82) is 0 Å². The summed E-state index contributed by atoms with van der Waals surface area (Å²) in [7, 11) is 1.42. The molecule has 0 aromatic heterocycles. The van der Waals surface area contributed by atoms with E-state index in [1.807, 2.05) is 0 Å². The van der Waals surface area contributed by atoms with E-state index in [1.165, 1.54) is 14.0 Å². The van der Waals surface area contributed by atoms with Gasteiger partial charge in [-0.2, -0.15) is 0 Å². The van der Waals surface area contributed by atoms with Gasteiger partial charge in [0, 0.05) is 7.11 Å². The molecule has 0 bridgehead atoms. The normalized spacial score (nSPS) is 28.2. The molecule has 1 heterocycles. The van der Waals surface area contributed by atoms with Crippen LogP contribution in [-0.4, -0.2) is 39.5 Å². The molecule has 0 saturated carbocycles. The number of alkyl halides is 3. The number of carbonyl (C=O) groups is 2. The zero-order chi connectivity index (χ0) is 12.7. The highest BCUT2D eigenvalue weighted by molar-refractivity contribution is 6.68. The van der Waals surface area contributed by atoms with E-state index in [1.54, 1.807) is 6.92 Å². The average molecular weight is 290 g/mol. The first kappa shape index (κ1) is 13.8. The van der Waals surface area contributed by atoms with E-state index in [0.717, 1.165) is 0 Å². The molecule has 0 spiro atoms. The molecule has 92 valence electrons. The van der Waals surface area contributed by atoms with Gasteiger partial charge in [-0.25, -0.2) is 9.69 Å². The quantitative estimate of drug-likeness (QED) is 0.478. The minimum atomic E-state index is -2.10. The second kappa shape index (κ2) is 4.22. The molecule has 0 radical (unpaired) electrons. The van der Waals surface area contributed by atoms with Crippen LogP contribution in [0.25, 0.3) is 0 Å². The fraction of sp³-hybridized carbons (Fsp3) is 0.750. The van der Waals surface area contributed by atoms with Crippen LogP contribution in [0.3, 0.4) is 0 Å². The number of hydrogen-bond donors (Lipinski definition) is 1. The van der Waals surface area contributed by atoms with Crippen LogP contribution in [-0.2, 0) is 9.53 Å². The van der Waals surface area contributed by atoms with E-state index in [2.05, 4.69) is 5.32 Å². The van der Waals surface area contributed by atoms with Gasteiger partial charge >= 0.3 is 6.03 Å². The fourth-order valence-corrected chi connectivity index (χ4v) is 1.86. The summed E-state index contributed by atoms with van der Waals surface area (Å²) in [5.41, 5.74) is -1.23. The number of amides is 3.